The van der Waals surface area contributed by atoms with Crippen molar-refractivity contribution in [1.82, 2.24) is 5.32 Å². The van der Waals surface area contributed by atoms with Crippen LogP contribution < -0.4 is 5.32 Å². The van der Waals surface area contributed by atoms with Gasteiger partial charge in [-0.15, -0.1) is 0 Å². The van der Waals surface area contributed by atoms with E-state index in [1.54, 1.807) is 0 Å². The monoisotopic (exact) mass is 249 g/mol. The van der Waals surface area contributed by atoms with Crippen molar-refractivity contribution >= 4 is 0 Å². The summed E-state index contributed by atoms with van der Waals surface area (Å²) in [6, 6.07) is -0.342. The number of hydrogen-bond donors (Lipinski definition) is 3. The fourth-order valence-corrected chi connectivity index (χ4v) is 2.88. The second-order valence-electron chi connectivity index (χ2n) is 5.38. The lowest BCUT2D eigenvalue weighted by Gasteiger charge is -2.38. The molecule has 2 aliphatic carbocycles. The molecular formula is C12H21F2NO2. The van der Waals surface area contributed by atoms with Gasteiger partial charge in [0.15, 0.2) is 0 Å². The Bertz CT molecular complexity index is 255. The highest BCUT2D eigenvalue weighted by atomic mass is 19.3. The van der Waals surface area contributed by atoms with Crippen molar-refractivity contribution in [3.63, 3.8) is 0 Å². The Morgan fingerprint density at radius 3 is 2.29 bits per heavy atom. The van der Waals surface area contributed by atoms with Gasteiger partial charge in [0.25, 0.3) is 5.92 Å². The highest BCUT2D eigenvalue weighted by molar-refractivity contribution is 4.93. The first-order chi connectivity index (χ1) is 7.99. The molecule has 2 rings (SSSR count). The standard InChI is InChI=1S/C12H21F2NO2/c13-12(14)7-1-2-10(11(12)17)15-8-3-5-9(16)6-4-8/h8-11,15-17H,1-7H2/t8?,9?,10-,11+/m1/s1. The van der Waals surface area contributed by atoms with E-state index in [4.69, 9.17) is 0 Å². The molecule has 3 nitrogen and oxygen atoms in total. The first kappa shape index (κ1) is 13.2. The maximum absolute atomic E-state index is 13.3. The van der Waals surface area contributed by atoms with Crippen molar-refractivity contribution in [2.45, 2.75) is 75.2 Å². The molecule has 0 amide bonds. The summed E-state index contributed by atoms with van der Waals surface area (Å²) >= 11 is 0. The van der Waals surface area contributed by atoms with Crippen LogP contribution in [-0.4, -0.2) is 40.4 Å². The molecule has 2 aliphatic rings. The second-order valence-corrected chi connectivity index (χ2v) is 5.38. The number of nitrogens with one attached hydrogen (secondary N) is 1. The van der Waals surface area contributed by atoms with Crippen molar-refractivity contribution in [2.24, 2.45) is 0 Å². The van der Waals surface area contributed by atoms with Crippen molar-refractivity contribution in [3.8, 4) is 0 Å². The molecule has 17 heavy (non-hydrogen) atoms. The summed E-state index contributed by atoms with van der Waals surface area (Å²) in [5.74, 6) is -2.95. The average molecular weight is 249 g/mol. The van der Waals surface area contributed by atoms with Gasteiger partial charge in [-0.1, -0.05) is 0 Å². The Morgan fingerprint density at radius 1 is 1.00 bits per heavy atom. The number of hydrogen-bond acceptors (Lipinski definition) is 3. The van der Waals surface area contributed by atoms with Crippen LogP contribution in [0.15, 0.2) is 0 Å². The number of aliphatic hydroxyl groups excluding tert-OH is 2. The molecule has 2 saturated carbocycles. The molecular weight excluding hydrogens is 228 g/mol. The van der Waals surface area contributed by atoms with Crippen LogP contribution in [0.3, 0.4) is 0 Å². The zero-order chi connectivity index (χ0) is 12.5. The number of halogens is 2. The zero-order valence-electron chi connectivity index (χ0n) is 9.91. The van der Waals surface area contributed by atoms with Gasteiger partial charge < -0.3 is 15.5 Å². The minimum Gasteiger partial charge on any atom is -0.393 e. The molecule has 0 unspecified atom stereocenters. The smallest absolute Gasteiger partial charge is 0.274 e. The number of aliphatic hydroxyl groups is 2. The maximum Gasteiger partial charge on any atom is 0.274 e. The molecule has 0 aliphatic heterocycles. The molecule has 0 aromatic rings. The van der Waals surface area contributed by atoms with Crippen LogP contribution in [0.4, 0.5) is 8.78 Å². The van der Waals surface area contributed by atoms with Crippen molar-refractivity contribution in [1.29, 1.82) is 0 Å². The lowest BCUT2D eigenvalue weighted by Crippen LogP contribution is -2.55. The van der Waals surface area contributed by atoms with Crippen LogP contribution in [0.25, 0.3) is 0 Å². The van der Waals surface area contributed by atoms with Crippen molar-refractivity contribution in [2.75, 3.05) is 0 Å². The third kappa shape index (κ3) is 3.14. The number of alkyl halides is 2. The summed E-state index contributed by atoms with van der Waals surface area (Å²) in [6.45, 7) is 0. The van der Waals surface area contributed by atoms with Crippen LogP contribution in [0, 0.1) is 0 Å². The topological polar surface area (TPSA) is 52.5 Å². The summed E-state index contributed by atoms with van der Waals surface area (Å²) in [5.41, 5.74) is 0. The van der Waals surface area contributed by atoms with Crippen LogP contribution in [0.5, 0.6) is 0 Å². The highest BCUT2D eigenvalue weighted by Crippen LogP contribution is 2.34. The molecule has 5 heteroatoms. The van der Waals surface area contributed by atoms with E-state index in [1.807, 2.05) is 0 Å². The number of rotatable bonds is 2. The summed E-state index contributed by atoms with van der Waals surface area (Å²) in [4.78, 5) is 0. The second kappa shape index (κ2) is 5.16. The van der Waals surface area contributed by atoms with Gasteiger partial charge in [0.05, 0.1) is 6.10 Å². The fourth-order valence-electron chi connectivity index (χ4n) is 2.88. The van der Waals surface area contributed by atoms with Gasteiger partial charge >= 0.3 is 0 Å². The lowest BCUT2D eigenvalue weighted by atomic mass is 9.86. The molecule has 0 aromatic carbocycles. The minimum absolute atomic E-state index is 0.159. The van der Waals surface area contributed by atoms with E-state index in [-0.39, 0.29) is 18.6 Å². The zero-order valence-corrected chi connectivity index (χ0v) is 9.91. The van der Waals surface area contributed by atoms with Gasteiger partial charge in [0, 0.05) is 18.5 Å². The first-order valence-corrected chi connectivity index (χ1v) is 6.49. The highest BCUT2D eigenvalue weighted by Gasteiger charge is 2.46. The van der Waals surface area contributed by atoms with Crippen LogP contribution in [-0.2, 0) is 0 Å². The van der Waals surface area contributed by atoms with E-state index in [0.717, 1.165) is 25.7 Å². The van der Waals surface area contributed by atoms with Crippen molar-refractivity contribution in [3.05, 3.63) is 0 Å². The summed E-state index contributed by atoms with van der Waals surface area (Å²) < 4.78 is 26.7. The molecule has 2 fully saturated rings. The van der Waals surface area contributed by atoms with E-state index in [0.29, 0.717) is 12.8 Å². The lowest BCUT2D eigenvalue weighted by molar-refractivity contribution is -0.145. The van der Waals surface area contributed by atoms with Gasteiger partial charge in [-0.25, -0.2) is 8.78 Å². The first-order valence-electron chi connectivity index (χ1n) is 6.49. The Balaban J connectivity index is 1.86. The fraction of sp³-hybridized carbons (Fsp3) is 1.00. The van der Waals surface area contributed by atoms with Gasteiger partial charge in [-0.05, 0) is 38.5 Å². The van der Waals surface area contributed by atoms with Crippen LogP contribution >= 0.6 is 0 Å². The van der Waals surface area contributed by atoms with Crippen LogP contribution in [0.1, 0.15) is 44.9 Å². The molecule has 0 heterocycles. The van der Waals surface area contributed by atoms with Gasteiger partial charge in [-0.2, -0.15) is 0 Å². The molecule has 2 atom stereocenters. The van der Waals surface area contributed by atoms with Crippen LogP contribution in [0.2, 0.25) is 0 Å². The van der Waals surface area contributed by atoms with Gasteiger partial charge in [0.2, 0.25) is 0 Å². The van der Waals surface area contributed by atoms with Crippen molar-refractivity contribution < 1.29 is 19.0 Å². The summed E-state index contributed by atoms with van der Waals surface area (Å²) in [5, 5.41) is 22.1. The molecule has 0 radical (unpaired) electrons. The largest absolute Gasteiger partial charge is 0.393 e. The summed E-state index contributed by atoms with van der Waals surface area (Å²) in [7, 11) is 0. The van der Waals surface area contributed by atoms with E-state index < -0.39 is 18.1 Å². The third-order valence-electron chi connectivity index (χ3n) is 3.99. The molecule has 0 bridgehead atoms. The minimum atomic E-state index is -2.95. The predicted molar refractivity (Wildman–Crippen MR) is 60.0 cm³/mol. The molecule has 0 spiro atoms. The van der Waals surface area contributed by atoms with E-state index in [9.17, 15) is 19.0 Å². The Labute approximate surface area is 100 Å². The third-order valence-corrected chi connectivity index (χ3v) is 3.99. The van der Waals surface area contributed by atoms with Gasteiger partial charge in [-0.3, -0.25) is 0 Å². The Kier molecular flexibility index (Phi) is 4.00. The predicted octanol–water partition coefficient (Wildman–Crippen LogP) is 1.43. The SMILES string of the molecule is OC1CCC(N[C@@H]2CCCC(F)(F)[C@H]2O)CC1. The normalized spacial score (nSPS) is 42.4. The average Bonchev–Trinajstić information content (AvgIpc) is 2.28. The molecule has 0 saturated heterocycles. The Morgan fingerprint density at radius 2 is 1.65 bits per heavy atom. The summed E-state index contributed by atoms with van der Waals surface area (Å²) in [6.07, 6.45) is 2.08. The quantitative estimate of drug-likeness (QED) is 0.694. The molecule has 100 valence electrons. The van der Waals surface area contributed by atoms with E-state index >= 15 is 0 Å². The van der Waals surface area contributed by atoms with E-state index in [2.05, 4.69) is 5.32 Å². The van der Waals surface area contributed by atoms with E-state index in [1.165, 1.54) is 0 Å². The van der Waals surface area contributed by atoms with Gasteiger partial charge in [0.1, 0.15) is 6.10 Å². The Hall–Kier alpha value is -0.260. The maximum atomic E-state index is 13.3. The molecule has 0 aromatic heterocycles. The molecule has 3 N–H and O–H groups in total.